The predicted molar refractivity (Wildman–Crippen MR) is 140 cm³/mol. The van der Waals surface area contributed by atoms with Gasteiger partial charge in [-0.15, -0.1) is 0 Å². The molecule has 3 aromatic carbocycles. The summed E-state index contributed by atoms with van der Waals surface area (Å²) in [5, 5.41) is 4.34. The van der Waals surface area contributed by atoms with Gasteiger partial charge in [-0.1, -0.05) is 59.6 Å². The minimum atomic E-state index is -0.305. The van der Waals surface area contributed by atoms with Crippen LogP contribution >= 0.6 is 11.6 Å². The minimum absolute atomic E-state index is 0.181. The first-order valence-electron chi connectivity index (χ1n) is 11.3. The second-order valence-corrected chi connectivity index (χ2v) is 9.14. The number of rotatable bonds is 6. The van der Waals surface area contributed by atoms with Crippen molar-refractivity contribution in [2.45, 2.75) is 33.7 Å². The number of nitrogens with one attached hydrogen (secondary N) is 2. The zero-order valence-electron chi connectivity index (χ0n) is 19.6. The highest BCUT2D eigenvalue weighted by molar-refractivity contribution is 6.33. The average Bonchev–Trinajstić information content (AvgIpc) is 2.78. The highest BCUT2D eigenvalue weighted by atomic mass is 35.5. The van der Waals surface area contributed by atoms with Crippen molar-refractivity contribution in [2.75, 3.05) is 11.9 Å². The summed E-state index contributed by atoms with van der Waals surface area (Å²) in [7, 11) is 0. The molecule has 0 saturated carbocycles. The maximum Gasteiger partial charge on any atom is 0.322 e. The number of aryl methyl sites for hydroxylation is 3. The largest absolute Gasteiger partial charge is 0.322 e. The van der Waals surface area contributed by atoms with Gasteiger partial charge in [-0.2, -0.15) is 0 Å². The number of carbonyl (C=O) groups excluding carboxylic acids is 1. The number of aromatic nitrogens is 1. The fraction of sp³-hybridized carbons (Fsp3) is 0.214. The molecule has 0 radical (unpaired) electrons. The topological polar surface area (TPSA) is 65.2 Å². The molecule has 1 heterocycles. The van der Waals surface area contributed by atoms with Crippen LogP contribution in [0.3, 0.4) is 0 Å². The summed E-state index contributed by atoms with van der Waals surface area (Å²) in [6.07, 6.45) is 0.668. The first kappa shape index (κ1) is 23.6. The Bertz CT molecular complexity index is 1410. The number of aromatic amines is 1. The first-order chi connectivity index (χ1) is 16.3. The Hall–Kier alpha value is -3.57. The minimum Gasteiger partial charge on any atom is -0.322 e. The summed E-state index contributed by atoms with van der Waals surface area (Å²) in [5.74, 6) is 0. The molecule has 2 N–H and O–H groups in total. The quantitative estimate of drug-likeness (QED) is 0.341. The van der Waals surface area contributed by atoms with Crippen LogP contribution in [-0.4, -0.2) is 22.5 Å². The van der Waals surface area contributed by atoms with E-state index in [0.29, 0.717) is 29.2 Å². The lowest BCUT2D eigenvalue weighted by Crippen LogP contribution is -2.37. The van der Waals surface area contributed by atoms with Gasteiger partial charge in [-0.3, -0.25) is 4.79 Å². The Balaban J connectivity index is 1.64. The Labute approximate surface area is 204 Å². The lowest BCUT2D eigenvalue weighted by Gasteiger charge is -2.24. The van der Waals surface area contributed by atoms with Crippen molar-refractivity contribution in [1.29, 1.82) is 0 Å². The highest BCUT2D eigenvalue weighted by Crippen LogP contribution is 2.22. The second kappa shape index (κ2) is 10.1. The van der Waals surface area contributed by atoms with E-state index in [1.54, 1.807) is 17.0 Å². The van der Waals surface area contributed by atoms with E-state index in [1.807, 2.05) is 63.2 Å². The van der Waals surface area contributed by atoms with Gasteiger partial charge < -0.3 is 15.2 Å². The number of nitrogens with zero attached hydrogens (tertiary/aromatic N) is 1. The molecule has 0 saturated heterocycles. The molecular weight excluding hydrogens is 446 g/mol. The van der Waals surface area contributed by atoms with Crippen LogP contribution in [0, 0.1) is 20.8 Å². The number of H-pyrrole nitrogens is 1. The normalized spacial score (nSPS) is 10.9. The zero-order chi connectivity index (χ0) is 24.2. The number of para-hydroxylation sites is 1. The summed E-state index contributed by atoms with van der Waals surface area (Å²) >= 11 is 6.26. The number of amides is 2. The fourth-order valence-electron chi connectivity index (χ4n) is 4.18. The van der Waals surface area contributed by atoms with E-state index >= 15 is 0 Å². The fourth-order valence-corrected chi connectivity index (χ4v) is 4.36. The standard InChI is InChI=1S/C28H28ClN3O2/c1-18-7-6-8-21(14-18)11-12-32(28(34)31-25-10-5-4-9-24(25)29)17-22-16-23-20(3)13-19(2)15-26(23)30-27(22)33/h4-10,13-16H,11-12,17H2,1-3H3,(H,30,33)(H,31,34). The number of hydrogen-bond acceptors (Lipinski definition) is 2. The summed E-state index contributed by atoms with van der Waals surface area (Å²) in [5.41, 5.74) is 6.16. The Morgan fingerprint density at radius 2 is 1.76 bits per heavy atom. The van der Waals surface area contributed by atoms with Crippen molar-refractivity contribution < 1.29 is 4.79 Å². The van der Waals surface area contributed by atoms with Crippen molar-refractivity contribution in [1.82, 2.24) is 9.88 Å². The molecule has 0 aliphatic carbocycles. The van der Waals surface area contributed by atoms with Crippen molar-refractivity contribution >= 4 is 34.2 Å². The predicted octanol–water partition coefficient (Wildman–Crippen LogP) is 6.38. The van der Waals surface area contributed by atoms with Gasteiger partial charge >= 0.3 is 6.03 Å². The van der Waals surface area contributed by atoms with Gasteiger partial charge in [0, 0.05) is 23.0 Å². The Morgan fingerprint density at radius 3 is 2.53 bits per heavy atom. The molecule has 4 rings (SSSR count). The average molecular weight is 474 g/mol. The summed E-state index contributed by atoms with van der Waals surface area (Å²) in [4.78, 5) is 30.8. The Kier molecular flexibility index (Phi) is 7.03. The second-order valence-electron chi connectivity index (χ2n) is 8.74. The first-order valence-corrected chi connectivity index (χ1v) is 11.7. The van der Waals surface area contributed by atoms with E-state index in [2.05, 4.69) is 22.4 Å². The van der Waals surface area contributed by atoms with E-state index in [9.17, 15) is 9.59 Å². The van der Waals surface area contributed by atoms with Crippen LogP contribution < -0.4 is 10.9 Å². The van der Waals surface area contributed by atoms with Crippen molar-refractivity contribution in [3.05, 3.63) is 110 Å². The van der Waals surface area contributed by atoms with Crippen molar-refractivity contribution in [3.8, 4) is 0 Å². The van der Waals surface area contributed by atoms with E-state index in [-0.39, 0.29) is 18.1 Å². The van der Waals surface area contributed by atoms with Gasteiger partial charge in [-0.05, 0) is 68.1 Å². The highest BCUT2D eigenvalue weighted by Gasteiger charge is 2.18. The maximum atomic E-state index is 13.3. The van der Waals surface area contributed by atoms with Crippen molar-refractivity contribution in [2.24, 2.45) is 0 Å². The van der Waals surface area contributed by atoms with Gasteiger partial charge in [-0.25, -0.2) is 4.79 Å². The van der Waals surface area contributed by atoms with Gasteiger partial charge in [0.25, 0.3) is 5.56 Å². The van der Waals surface area contributed by atoms with E-state index in [4.69, 9.17) is 11.6 Å². The van der Waals surface area contributed by atoms with E-state index in [0.717, 1.165) is 27.6 Å². The smallest absolute Gasteiger partial charge is 0.322 e. The number of benzene rings is 3. The number of halogens is 1. The maximum absolute atomic E-state index is 13.3. The van der Waals surface area contributed by atoms with Gasteiger partial charge in [0.05, 0.1) is 17.3 Å². The molecule has 2 amide bonds. The third-order valence-corrected chi connectivity index (χ3v) is 6.24. The molecule has 6 heteroatoms. The molecule has 0 unspecified atom stereocenters. The molecule has 34 heavy (non-hydrogen) atoms. The van der Waals surface area contributed by atoms with Crippen LogP contribution in [0.4, 0.5) is 10.5 Å². The molecule has 0 bridgehead atoms. The lowest BCUT2D eigenvalue weighted by atomic mass is 10.0. The molecule has 5 nitrogen and oxygen atoms in total. The van der Waals surface area contributed by atoms with Crippen LogP contribution in [0.25, 0.3) is 10.9 Å². The van der Waals surface area contributed by atoms with Crippen LogP contribution in [0.5, 0.6) is 0 Å². The number of fused-ring (bicyclic) bond motifs is 1. The molecular formula is C28H28ClN3O2. The zero-order valence-corrected chi connectivity index (χ0v) is 20.4. The third kappa shape index (κ3) is 5.49. The third-order valence-electron chi connectivity index (χ3n) is 5.91. The number of pyridine rings is 1. The SMILES string of the molecule is Cc1cccc(CCN(Cc2cc3c(C)cc(C)cc3[nH]c2=O)C(=O)Nc2ccccc2Cl)c1. The number of hydrogen-bond donors (Lipinski definition) is 2. The molecule has 0 spiro atoms. The van der Waals surface area contributed by atoms with Crippen LogP contribution in [0.1, 0.15) is 27.8 Å². The number of anilines is 1. The van der Waals surface area contributed by atoms with Crippen LogP contribution in [-0.2, 0) is 13.0 Å². The molecule has 0 aliphatic heterocycles. The van der Waals surface area contributed by atoms with Gasteiger partial charge in [0.1, 0.15) is 0 Å². The molecule has 1 aromatic heterocycles. The Morgan fingerprint density at radius 1 is 0.971 bits per heavy atom. The molecule has 174 valence electrons. The summed E-state index contributed by atoms with van der Waals surface area (Å²) in [6.45, 7) is 6.70. The van der Waals surface area contributed by atoms with Crippen LogP contribution in [0.15, 0.2) is 71.5 Å². The molecule has 0 aliphatic rings. The van der Waals surface area contributed by atoms with E-state index in [1.165, 1.54) is 5.56 Å². The molecule has 0 fully saturated rings. The monoisotopic (exact) mass is 473 g/mol. The van der Waals surface area contributed by atoms with Crippen LogP contribution in [0.2, 0.25) is 5.02 Å². The van der Waals surface area contributed by atoms with Crippen molar-refractivity contribution in [3.63, 3.8) is 0 Å². The summed E-state index contributed by atoms with van der Waals surface area (Å²) < 4.78 is 0. The number of urea groups is 1. The molecule has 4 aromatic rings. The lowest BCUT2D eigenvalue weighted by molar-refractivity contribution is 0.209. The van der Waals surface area contributed by atoms with Gasteiger partial charge in [0.2, 0.25) is 0 Å². The van der Waals surface area contributed by atoms with Gasteiger partial charge in [0.15, 0.2) is 0 Å². The van der Waals surface area contributed by atoms with E-state index < -0.39 is 0 Å². The summed E-state index contributed by atoms with van der Waals surface area (Å²) in [6, 6.07) is 21.0. The number of carbonyl (C=O) groups is 1. The molecule has 0 atom stereocenters.